The molecule has 0 spiro atoms. The Labute approximate surface area is 153 Å². The van der Waals surface area contributed by atoms with Gasteiger partial charge in [0, 0.05) is 17.9 Å². The molecule has 0 fully saturated rings. The third-order valence-corrected chi connectivity index (χ3v) is 4.58. The van der Waals surface area contributed by atoms with E-state index in [1.54, 1.807) is 19.1 Å². The average molecular weight is 355 g/mol. The first-order valence-electron chi connectivity index (χ1n) is 8.76. The second-order valence-electron chi connectivity index (χ2n) is 6.48. The monoisotopic (exact) mass is 355 g/mol. The number of carbonyl (C=O) groups excluding carboxylic acids is 2. The molecule has 0 bridgehead atoms. The molecule has 0 saturated carbocycles. The van der Waals surface area contributed by atoms with Crippen molar-refractivity contribution in [3.8, 4) is 11.1 Å². The van der Waals surface area contributed by atoms with Crippen LogP contribution in [0.15, 0.2) is 48.5 Å². The van der Waals surface area contributed by atoms with Crippen molar-refractivity contribution in [2.45, 2.75) is 32.8 Å². The van der Waals surface area contributed by atoms with E-state index in [1.807, 2.05) is 12.1 Å². The van der Waals surface area contributed by atoms with Gasteiger partial charge in [-0.1, -0.05) is 55.5 Å². The van der Waals surface area contributed by atoms with Crippen LogP contribution in [0.25, 0.3) is 11.1 Å². The largest absolute Gasteiger partial charge is 0.393 e. The number of ketones is 1. The molecule has 0 radical (unpaired) electrons. The van der Waals surface area contributed by atoms with Crippen LogP contribution in [0.2, 0.25) is 0 Å². The summed E-state index contributed by atoms with van der Waals surface area (Å²) in [5.74, 6) is -0.665. The minimum atomic E-state index is -0.815. The number of hydrogen-bond acceptors (Lipinski definition) is 4. The molecule has 2 atom stereocenters. The highest BCUT2D eigenvalue weighted by Gasteiger charge is 2.22. The number of aliphatic hydroxyl groups excluding tert-OH is 1. The van der Waals surface area contributed by atoms with E-state index in [-0.39, 0.29) is 25.2 Å². The maximum Gasteiger partial charge on any atom is 0.233 e. The second kappa shape index (κ2) is 9.27. The molecular formula is C21H25NO4. The summed E-state index contributed by atoms with van der Waals surface area (Å²) in [6.07, 6.45) is 0.490. The van der Waals surface area contributed by atoms with E-state index in [1.165, 1.54) is 5.56 Å². The number of carbonyl (C=O) groups is 2. The first kappa shape index (κ1) is 19.8. The molecule has 138 valence electrons. The number of hydroxylamine groups is 2. The first-order valence-corrected chi connectivity index (χ1v) is 8.76. The Hall–Kier alpha value is -2.50. The number of amides is 1. The molecule has 0 heterocycles. The van der Waals surface area contributed by atoms with Gasteiger partial charge < -0.3 is 5.11 Å². The lowest BCUT2D eigenvalue weighted by Gasteiger charge is -2.21. The van der Waals surface area contributed by atoms with Crippen LogP contribution in [0.4, 0.5) is 0 Å². The molecular weight excluding hydrogens is 330 g/mol. The van der Waals surface area contributed by atoms with Crippen molar-refractivity contribution in [2.24, 2.45) is 5.92 Å². The summed E-state index contributed by atoms with van der Waals surface area (Å²) in [6.45, 7) is 3.56. The molecule has 0 aliphatic rings. The van der Waals surface area contributed by atoms with Crippen LogP contribution >= 0.6 is 0 Å². The number of aliphatic hydroxyl groups is 1. The van der Waals surface area contributed by atoms with E-state index in [2.05, 4.69) is 31.2 Å². The fraction of sp³-hybridized carbons (Fsp3) is 0.333. The third kappa shape index (κ3) is 5.25. The molecule has 2 rings (SSSR count). The van der Waals surface area contributed by atoms with Crippen LogP contribution in [0.5, 0.6) is 0 Å². The van der Waals surface area contributed by atoms with Gasteiger partial charge in [0.05, 0.1) is 12.6 Å². The van der Waals surface area contributed by atoms with Crippen LogP contribution in [-0.4, -0.2) is 40.2 Å². The SMILES string of the molecule is CCc1ccc(-c2ccc(C(=O)C[C@H](CN(O)C=O)[C@@H](C)O)cc2)cc1. The van der Waals surface area contributed by atoms with E-state index in [4.69, 9.17) is 0 Å². The molecule has 26 heavy (non-hydrogen) atoms. The standard InChI is InChI=1S/C21H25NO4/c1-3-16-4-6-17(7-5-16)18-8-10-19(11-9-18)21(25)12-20(15(2)24)13-22(26)14-23/h4-11,14-15,20,24,26H,3,12-13H2,1-2H3/t15-,20-/m1/s1. The average Bonchev–Trinajstić information content (AvgIpc) is 2.67. The second-order valence-corrected chi connectivity index (χ2v) is 6.48. The van der Waals surface area contributed by atoms with Gasteiger partial charge in [-0.05, 0) is 30.0 Å². The lowest BCUT2D eigenvalue weighted by Crippen LogP contribution is -2.32. The summed E-state index contributed by atoms with van der Waals surface area (Å²) in [4.78, 5) is 23.0. The van der Waals surface area contributed by atoms with E-state index in [0.717, 1.165) is 17.5 Å². The van der Waals surface area contributed by atoms with Crippen LogP contribution in [0, 0.1) is 5.92 Å². The van der Waals surface area contributed by atoms with E-state index in [9.17, 15) is 19.9 Å². The molecule has 0 aliphatic heterocycles. The summed E-state index contributed by atoms with van der Waals surface area (Å²) >= 11 is 0. The Bertz CT molecular complexity index is 723. The molecule has 0 aliphatic carbocycles. The Morgan fingerprint density at radius 3 is 2.08 bits per heavy atom. The van der Waals surface area contributed by atoms with Gasteiger partial charge >= 0.3 is 0 Å². The van der Waals surface area contributed by atoms with Crippen molar-refractivity contribution in [2.75, 3.05) is 6.54 Å². The predicted octanol–water partition coefficient (Wildman–Crippen LogP) is 3.33. The van der Waals surface area contributed by atoms with Crippen molar-refractivity contribution in [1.82, 2.24) is 5.06 Å². The highest BCUT2D eigenvalue weighted by Crippen LogP contribution is 2.22. The van der Waals surface area contributed by atoms with Gasteiger partial charge in [-0.3, -0.25) is 14.8 Å². The molecule has 0 unspecified atom stereocenters. The third-order valence-electron chi connectivity index (χ3n) is 4.58. The maximum absolute atomic E-state index is 12.5. The lowest BCUT2D eigenvalue weighted by atomic mass is 9.93. The molecule has 0 aromatic heterocycles. The summed E-state index contributed by atoms with van der Waals surface area (Å²) < 4.78 is 0. The molecule has 0 saturated heterocycles. The smallest absolute Gasteiger partial charge is 0.233 e. The minimum absolute atomic E-state index is 0.0487. The highest BCUT2D eigenvalue weighted by atomic mass is 16.5. The van der Waals surface area contributed by atoms with Gasteiger partial charge in [0.15, 0.2) is 5.78 Å². The van der Waals surface area contributed by atoms with Crippen molar-refractivity contribution < 1.29 is 19.9 Å². The fourth-order valence-electron chi connectivity index (χ4n) is 2.81. The van der Waals surface area contributed by atoms with Gasteiger partial charge in [-0.25, -0.2) is 5.06 Å². The number of hydrogen-bond donors (Lipinski definition) is 2. The zero-order valence-corrected chi connectivity index (χ0v) is 15.1. The normalized spacial score (nSPS) is 13.1. The summed E-state index contributed by atoms with van der Waals surface area (Å²) in [5.41, 5.74) is 3.93. The molecule has 2 aromatic carbocycles. The quantitative estimate of drug-likeness (QED) is 0.313. The Morgan fingerprint density at radius 1 is 1.08 bits per heavy atom. The van der Waals surface area contributed by atoms with Crippen LogP contribution < -0.4 is 0 Å². The first-order chi connectivity index (χ1) is 12.4. The number of benzene rings is 2. The van der Waals surface area contributed by atoms with E-state index in [0.29, 0.717) is 10.6 Å². The Balaban J connectivity index is 2.08. The Kier molecular flexibility index (Phi) is 7.06. The van der Waals surface area contributed by atoms with E-state index < -0.39 is 12.0 Å². The van der Waals surface area contributed by atoms with Crippen molar-refractivity contribution in [1.29, 1.82) is 0 Å². The van der Waals surface area contributed by atoms with Crippen LogP contribution in [-0.2, 0) is 11.2 Å². The van der Waals surface area contributed by atoms with E-state index >= 15 is 0 Å². The van der Waals surface area contributed by atoms with Crippen LogP contribution in [0.1, 0.15) is 36.2 Å². The van der Waals surface area contributed by atoms with Gasteiger partial charge in [-0.15, -0.1) is 0 Å². The van der Waals surface area contributed by atoms with Gasteiger partial charge in [0.1, 0.15) is 0 Å². The predicted molar refractivity (Wildman–Crippen MR) is 99.9 cm³/mol. The summed E-state index contributed by atoms with van der Waals surface area (Å²) in [5, 5.41) is 19.5. The zero-order chi connectivity index (χ0) is 19.1. The molecule has 5 nitrogen and oxygen atoms in total. The number of rotatable bonds is 9. The van der Waals surface area contributed by atoms with Crippen molar-refractivity contribution in [3.05, 3.63) is 59.7 Å². The number of Topliss-reactive ketones (excluding diaryl/α,β-unsaturated/α-hetero) is 1. The number of aryl methyl sites for hydroxylation is 1. The fourth-order valence-corrected chi connectivity index (χ4v) is 2.81. The molecule has 2 N–H and O–H groups in total. The molecule has 2 aromatic rings. The van der Waals surface area contributed by atoms with Crippen LogP contribution in [0.3, 0.4) is 0 Å². The molecule has 1 amide bonds. The lowest BCUT2D eigenvalue weighted by molar-refractivity contribution is -0.154. The maximum atomic E-state index is 12.5. The zero-order valence-electron chi connectivity index (χ0n) is 15.1. The minimum Gasteiger partial charge on any atom is -0.393 e. The van der Waals surface area contributed by atoms with Crippen molar-refractivity contribution in [3.63, 3.8) is 0 Å². The van der Waals surface area contributed by atoms with Gasteiger partial charge in [0.25, 0.3) is 0 Å². The van der Waals surface area contributed by atoms with Gasteiger partial charge in [0.2, 0.25) is 6.41 Å². The highest BCUT2D eigenvalue weighted by molar-refractivity contribution is 5.96. The summed E-state index contributed by atoms with van der Waals surface area (Å²) in [6, 6.07) is 15.6. The van der Waals surface area contributed by atoms with Crippen molar-refractivity contribution >= 4 is 12.2 Å². The Morgan fingerprint density at radius 2 is 1.62 bits per heavy atom. The number of nitrogens with zero attached hydrogens (tertiary/aromatic N) is 1. The molecule has 5 heteroatoms. The topological polar surface area (TPSA) is 77.8 Å². The summed E-state index contributed by atoms with van der Waals surface area (Å²) in [7, 11) is 0. The van der Waals surface area contributed by atoms with Gasteiger partial charge in [-0.2, -0.15) is 0 Å².